The van der Waals surface area contributed by atoms with Crippen molar-refractivity contribution in [3.05, 3.63) is 35.9 Å². The van der Waals surface area contributed by atoms with Gasteiger partial charge >= 0.3 is 0 Å². The van der Waals surface area contributed by atoms with Crippen LogP contribution in [-0.2, 0) is 6.42 Å². The SMILES string of the molecule is C=CCc1c(OC(C)C)c(C#CCCCC)c(O)c2cc(OC)c(OC)cc12. The number of methoxy groups -OCH3 is 2. The molecule has 0 spiro atoms. The molecule has 4 nitrogen and oxygen atoms in total. The molecule has 0 saturated heterocycles. The predicted molar refractivity (Wildman–Crippen MR) is 115 cm³/mol. The molecule has 0 aliphatic carbocycles. The van der Waals surface area contributed by atoms with E-state index in [0.29, 0.717) is 34.6 Å². The highest BCUT2D eigenvalue weighted by molar-refractivity contribution is 5.98. The number of hydrogen-bond acceptors (Lipinski definition) is 4. The zero-order valence-corrected chi connectivity index (χ0v) is 17.5. The Kier molecular flexibility index (Phi) is 7.63. The molecule has 1 N–H and O–H groups in total. The third-order valence-electron chi connectivity index (χ3n) is 4.41. The number of aromatic hydroxyl groups is 1. The van der Waals surface area contributed by atoms with Gasteiger partial charge in [0.15, 0.2) is 11.5 Å². The summed E-state index contributed by atoms with van der Waals surface area (Å²) >= 11 is 0. The number of ether oxygens (including phenoxy) is 3. The maximum absolute atomic E-state index is 11.1. The molecule has 150 valence electrons. The smallest absolute Gasteiger partial charge is 0.161 e. The topological polar surface area (TPSA) is 47.9 Å². The summed E-state index contributed by atoms with van der Waals surface area (Å²) in [6.45, 7) is 9.94. The summed E-state index contributed by atoms with van der Waals surface area (Å²) in [7, 11) is 3.17. The van der Waals surface area contributed by atoms with Crippen molar-refractivity contribution >= 4 is 10.8 Å². The Morgan fingerprint density at radius 2 is 1.79 bits per heavy atom. The molecule has 0 heterocycles. The molecule has 0 bridgehead atoms. The van der Waals surface area contributed by atoms with E-state index in [9.17, 15) is 5.11 Å². The van der Waals surface area contributed by atoms with Crippen LogP contribution >= 0.6 is 0 Å². The van der Waals surface area contributed by atoms with Crippen LogP contribution in [0.4, 0.5) is 0 Å². The molecule has 0 unspecified atom stereocenters. The predicted octanol–water partition coefficient (Wildman–Crippen LogP) is 5.62. The van der Waals surface area contributed by atoms with E-state index in [1.54, 1.807) is 20.3 Å². The van der Waals surface area contributed by atoms with Crippen LogP contribution in [0.3, 0.4) is 0 Å². The fourth-order valence-electron chi connectivity index (χ4n) is 3.08. The monoisotopic (exact) mass is 382 g/mol. The molecule has 2 aromatic rings. The van der Waals surface area contributed by atoms with Crippen LogP contribution in [0.2, 0.25) is 0 Å². The zero-order chi connectivity index (χ0) is 20.7. The second-order valence-electron chi connectivity index (χ2n) is 6.85. The van der Waals surface area contributed by atoms with Gasteiger partial charge in [-0.15, -0.1) is 6.58 Å². The lowest BCUT2D eigenvalue weighted by Gasteiger charge is -2.20. The minimum Gasteiger partial charge on any atom is -0.506 e. The van der Waals surface area contributed by atoms with Crippen LogP contribution in [-0.4, -0.2) is 25.4 Å². The van der Waals surface area contributed by atoms with Crippen LogP contribution in [0.5, 0.6) is 23.0 Å². The van der Waals surface area contributed by atoms with E-state index in [2.05, 4.69) is 25.3 Å². The van der Waals surface area contributed by atoms with Crippen molar-refractivity contribution in [1.82, 2.24) is 0 Å². The lowest BCUT2D eigenvalue weighted by atomic mass is 9.95. The molecule has 0 fully saturated rings. The Morgan fingerprint density at radius 3 is 2.32 bits per heavy atom. The van der Waals surface area contributed by atoms with Crippen molar-refractivity contribution in [3.63, 3.8) is 0 Å². The molecule has 2 aromatic carbocycles. The average Bonchev–Trinajstić information content (AvgIpc) is 2.68. The maximum Gasteiger partial charge on any atom is 0.161 e. The van der Waals surface area contributed by atoms with E-state index < -0.39 is 0 Å². The van der Waals surface area contributed by atoms with Crippen LogP contribution < -0.4 is 14.2 Å². The first-order valence-corrected chi connectivity index (χ1v) is 9.68. The number of hydrogen-bond donors (Lipinski definition) is 1. The summed E-state index contributed by atoms with van der Waals surface area (Å²) in [6.07, 6.45) is 5.22. The molecule has 0 radical (unpaired) electrons. The summed E-state index contributed by atoms with van der Waals surface area (Å²) in [5, 5.41) is 12.6. The van der Waals surface area contributed by atoms with Crippen molar-refractivity contribution in [2.45, 2.75) is 52.6 Å². The molecule has 28 heavy (non-hydrogen) atoms. The molecule has 0 atom stereocenters. The van der Waals surface area contributed by atoms with Gasteiger partial charge in [-0.05, 0) is 44.2 Å². The van der Waals surface area contributed by atoms with Gasteiger partial charge in [0.05, 0.1) is 20.3 Å². The first kappa shape index (κ1) is 21.5. The number of unbranched alkanes of at least 4 members (excludes halogenated alkanes) is 2. The van der Waals surface area contributed by atoms with Crippen molar-refractivity contribution in [2.75, 3.05) is 14.2 Å². The van der Waals surface area contributed by atoms with Gasteiger partial charge in [-0.2, -0.15) is 0 Å². The fourth-order valence-corrected chi connectivity index (χ4v) is 3.08. The lowest BCUT2D eigenvalue weighted by molar-refractivity contribution is 0.239. The maximum atomic E-state index is 11.1. The summed E-state index contributed by atoms with van der Waals surface area (Å²) in [5.74, 6) is 8.17. The number of phenols is 1. The molecule has 0 saturated carbocycles. The minimum absolute atomic E-state index is 0.0586. The number of fused-ring (bicyclic) bond motifs is 1. The van der Waals surface area contributed by atoms with Gasteiger partial charge in [-0.3, -0.25) is 0 Å². The number of benzene rings is 2. The summed E-state index contributed by atoms with van der Waals surface area (Å²) in [6, 6.07) is 3.65. The highest BCUT2D eigenvalue weighted by Gasteiger charge is 2.22. The summed E-state index contributed by atoms with van der Waals surface area (Å²) in [5.41, 5.74) is 1.44. The van der Waals surface area contributed by atoms with Gasteiger partial charge in [0, 0.05) is 17.4 Å². The van der Waals surface area contributed by atoms with Gasteiger partial charge in [0.25, 0.3) is 0 Å². The fraction of sp³-hybridized carbons (Fsp3) is 0.417. The molecule has 0 aromatic heterocycles. The largest absolute Gasteiger partial charge is 0.506 e. The van der Waals surface area contributed by atoms with Crippen molar-refractivity contribution in [1.29, 1.82) is 0 Å². The Hall–Kier alpha value is -2.80. The van der Waals surface area contributed by atoms with Crippen LogP contribution in [0.15, 0.2) is 24.8 Å². The summed E-state index contributed by atoms with van der Waals surface area (Å²) < 4.78 is 17.0. The highest BCUT2D eigenvalue weighted by atomic mass is 16.5. The van der Waals surface area contributed by atoms with Crippen molar-refractivity contribution in [2.24, 2.45) is 0 Å². The van der Waals surface area contributed by atoms with Gasteiger partial charge in [-0.1, -0.05) is 31.3 Å². The average molecular weight is 383 g/mol. The van der Waals surface area contributed by atoms with E-state index in [4.69, 9.17) is 14.2 Å². The Bertz CT molecular complexity index is 901. The molecule has 0 aliphatic rings. The second kappa shape index (κ2) is 9.94. The number of phenolic OH excluding ortho intramolecular Hbond substituents is 1. The van der Waals surface area contributed by atoms with Gasteiger partial charge in [-0.25, -0.2) is 0 Å². The summed E-state index contributed by atoms with van der Waals surface area (Å²) in [4.78, 5) is 0. The highest BCUT2D eigenvalue weighted by Crippen LogP contribution is 2.45. The Labute approximate surface area is 168 Å². The second-order valence-corrected chi connectivity index (χ2v) is 6.85. The van der Waals surface area contributed by atoms with Crippen molar-refractivity contribution < 1.29 is 19.3 Å². The van der Waals surface area contributed by atoms with Crippen molar-refractivity contribution in [3.8, 4) is 34.8 Å². The van der Waals surface area contributed by atoms with Gasteiger partial charge in [0.1, 0.15) is 17.1 Å². The van der Waals surface area contributed by atoms with E-state index in [-0.39, 0.29) is 11.9 Å². The van der Waals surface area contributed by atoms with E-state index in [1.165, 1.54) is 0 Å². The van der Waals surface area contributed by atoms with Crippen LogP contribution in [0, 0.1) is 11.8 Å². The van der Waals surface area contributed by atoms with Crippen LogP contribution in [0.1, 0.15) is 51.2 Å². The van der Waals surface area contributed by atoms with E-state index >= 15 is 0 Å². The molecule has 4 heteroatoms. The van der Waals surface area contributed by atoms with Gasteiger partial charge in [0.2, 0.25) is 0 Å². The number of allylic oxidation sites excluding steroid dienone is 1. The van der Waals surface area contributed by atoms with Crippen LogP contribution in [0.25, 0.3) is 10.8 Å². The van der Waals surface area contributed by atoms with E-state index in [0.717, 1.165) is 30.2 Å². The molecule has 2 rings (SSSR count). The first-order chi connectivity index (χ1) is 13.5. The third-order valence-corrected chi connectivity index (χ3v) is 4.41. The van der Waals surface area contributed by atoms with Gasteiger partial charge < -0.3 is 19.3 Å². The molecule has 0 aliphatic heterocycles. The molecular weight excluding hydrogens is 352 g/mol. The standard InChI is InChI=1S/C24H30O4/c1-7-9-10-11-13-18-23(25)20-15-22(27-6)21(26-5)14-19(20)17(12-8-2)24(18)28-16(3)4/h8,14-16,25H,2,7,9-10,12H2,1,3-6H3. The quantitative estimate of drug-likeness (QED) is 0.366. The Balaban J connectivity index is 2.87. The number of rotatable bonds is 8. The zero-order valence-electron chi connectivity index (χ0n) is 17.5. The molecular formula is C24H30O4. The third kappa shape index (κ3) is 4.54. The first-order valence-electron chi connectivity index (χ1n) is 9.68. The minimum atomic E-state index is -0.0586. The normalized spacial score (nSPS) is 10.5. The lowest BCUT2D eigenvalue weighted by Crippen LogP contribution is -2.10. The molecule has 0 amide bonds. The van der Waals surface area contributed by atoms with E-state index in [1.807, 2.05) is 26.0 Å². The Morgan fingerprint density at radius 1 is 1.14 bits per heavy atom.